The molecule has 0 radical (unpaired) electrons. The highest BCUT2D eigenvalue weighted by Crippen LogP contribution is 2.64. The summed E-state index contributed by atoms with van der Waals surface area (Å²) in [6.07, 6.45) is 5.60. The first-order valence-electron chi connectivity index (χ1n) is 11.1. The standard InChI is InChI=1S/C23H33NO4S2/c1-15-11-20(16(2)24(15)7-8-27-3)21(25)14-28-22(26)17-12-18-5-4-6-19(13-17)23(18)29-9-10-30-23/h11,17-19H,4-10,12-14H2,1-3H3. The van der Waals surface area contributed by atoms with Gasteiger partial charge in [-0.1, -0.05) is 6.42 Å². The van der Waals surface area contributed by atoms with Crippen LogP contribution in [-0.4, -0.2) is 52.2 Å². The lowest BCUT2D eigenvalue weighted by Crippen LogP contribution is -2.48. The van der Waals surface area contributed by atoms with Gasteiger partial charge in [0.25, 0.3) is 0 Å². The number of ether oxygens (including phenoxy) is 2. The zero-order valence-electron chi connectivity index (χ0n) is 18.3. The van der Waals surface area contributed by atoms with Gasteiger partial charge in [-0.3, -0.25) is 9.59 Å². The van der Waals surface area contributed by atoms with Gasteiger partial charge >= 0.3 is 5.97 Å². The number of hydrogen-bond donors (Lipinski definition) is 0. The molecule has 30 heavy (non-hydrogen) atoms. The van der Waals surface area contributed by atoms with E-state index in [0.29, 0.717) is 34.6 Å². The number of esters is 1. The Morgan fingerprint density at radius 2 is 1.83 bits per heavy atom. The van der Waals surface area contributed by atoms with E-state index < -0.39 is 0 Å². The van der Waals surface area contributed by atoms with Gasteiger partial charge in [-0.05, 0) is 57.4 Å². The van der Waals surface area contributed by atoms with Crippen molar-refractivity contribution >= 4 is 35.3 Å². The molecule has 7 heteroatoms. The number of ketones is 1. The van der Waals surface area contributed by atoms with Gasteiger partial charge in [0, 0.05) is 42.1 Å². The molecule has 166 valence electrons. The van der Waals surface area contributed by atoms with E-state index in [4.69, 9.17) is 9.47 Å². The fraction of sp³-hybridized carbons (Fsp3) is 0.739. The van der Waals surface area contributed by atoms with E-state index >= 15 is 0 Å². The van der Waals surface area contributed by atoms with Gasteiger partial charge in [0.1, 0.15) is 0 Å². The minimum Gasteiger partial charge on any atom is -0.457 e. The Morgan fingerprint density at radius 1 is 1.17 bits per heavy atom. The summed E-state index contributed by atoms with van der Waals surface area (Å²) in [7, 11) is 1.67. The maximum absolute atomic E-state index is 12.9. The number of aromatic nitrogens is 1. The lowest BCUT2D eigenvalue weighted by molar-refractivity contribution is -0.150. The number of thioether (sulfide) groups is 2. The zero-order valence-corrected chi connectivity index (χ0v) is 19.9. The number of carbonyl (C=O) groups is 2. The van der Waals surface area contributed by atoms with E-state index in [1.165, 1.54) is 30.8 Å². The molecule has 2 bridgehead atoms. The maximum atomic E-state index is 12.9. The number of carbonyl (C=O) groups excluding carboxylic acids is 2. The van der Waals surface area contributed by atoms with Crippen molar-refractivity contribution in [2.75, 3.05) is 31.8 Å². The summed E-state index contributed by atoms with van der Waals surface area (Å²) < 4.78 is 13.2. The van der Waals surface area contributed by atoms with Crippen LogP contribution in [0.4, 0.5) is 0 Å². The highest BCUT2D eigenvalue weighted by atomic mass is 32.2. The van der Waals surface area contributed by atoms with Crippen molar-refractivity contribution in [2.24, 2.45) is 17.8 Å². The van der Waals surface area contributed by atoms with Gasteiger partial charge < -0.3 is 14.0 Å². The lowest BCUT2D eigenvalue weighted by Gasteiger charge is -2.51. The van der Waals surface area contributed by atoms with Gasteiger partial charge in [-0.25, -0.2) is 0 Å². The number of rotatable bonds is 7. The Bertz CT molecular complexity index is 783. The minimum absolute atomic E-state index is 0.0466. The molecule has 4 rings (SSSR count). The molecule has 1 saturated heterocycles. The molecule has 1 spiro atoms. The minimum atomic E-state index is -0.170. The quantitative estimate of drug-likeness (QED) is 0.450. The van der Waals surface area contributed by atoms with E-state index in [1.807, 2.05) is 19.9 Å². The molecule has 2 atom stereocenters. The summed E-state index contributed by atoms with van der Waals surface area (Å²) in [5.41, 5.74) is 2.58. The molecule has 5 nitrogen and oxygen atoms in total. The highest BCUT2D eigenvalue weighted by Gasteiger charge is 2.55. The molecule has 3 aliphatic rings. The van der Waals surface area contributed by atoms with Crippen LogP contribution in [0.2, 0.25) is 0 Å². The van der Waals surface area contributed by atoms with E-state index in [2.05, 4.69) is 28.1 Å². The molecule has 2 saturated carbocycles. The van der Waals surface area contributed by atoms with Crippen LogP contribution in [0, 0.1) is 31.6 Å². The fourth-order valence-electron chi connectivity index (χ4n) is 5.74. The molecule has 1 aliphatic heterocycles. The van der Waals surface area contributed by atoms with E-state index in [0.717, 1.165) is 24.2 Å². The molecule has 2 aliphatic carbocycles. The summed E-state index contributed by atoms with van der Waals surface area (Å²) in [6, 6.07) is 1.89. The number of aryl methyl sites for hydroxylation is 1. The molecule has 2 heterocycles. The van der Waals surface area contributed by atoms with Crippen LogP contribution in [-0.2, 0) is 20.8 Å². The summed E-state index contributed by atoms with van der Waals surface area (Å²) in [5.74, 6) is 3.36. The van der Waals surface area contributed by atoms with Crippen LogP contribution in [0.1, 0.15) is 53.8 Å². The second-order valence-electron chi connectivity index (χ2n) is 8.87. The van der Waals surface area contributed by atoms with Crippen molar-refractivity contribution in [1.29, 1.82) is 0 Å². The second kappa shape index (κ2) is 9.29. The third-order valence-electron chi connectivity index (χ3n) is 7.19. The van der Waals surface area contributed by atoms with Crippen molar-refractivity contribution in [1.82, 2.24) is 4.57 Å². The molecule has 0 amide bonds. The molecule has 0 aromatic carbocycles. The third-order valence-corrected chi connectivity index (χ3v) is 11.2. The zero-order chi connectivity index (χ0) is 21.3. The normalized spacial score (nSPS) is 27.4. The molecule has 2 unspecified atom stereocenters. The van der Waals surface area contributed by atoms with Crippen LogP contribution >= 0.6 is 23.5 Å². The Balaban J connectivity index is 1.36. The van der Waals surface area contributed by atoms with E-state index in [9.17, 15) is 9.59 Å². The summed E-state index contributed by atoms with van der Waals surface area (Å²) in [6.45, 7) is 5.08. The third kappa shape index (κ3) is 4.09. The molecular formula is C23H33NO4S2. The largest absolute Gasteiger partial charge is 0.457 e. The molecular weight excluding hydrogens is 418 g/mol. The summed E-state index contributed by atoms with van der Waals surface area (Å²) >= 11 is 4.29. The van der Waals surface area contributed by atoms with Gasteiger partial charge in [-0.2, -0.15) is 0 Å². The number of nitrogens with zero attached hydrogens (tertiary/aromatic N) is 1. The maximum Gasteiger partial charge on any atom is 0.309 e. The van der Waals surface area contributed by atoms with Crippen molar-refractivity contribution < 1.29 is 19.1 Å². The van der Waals surface area contributed by atoms with Crippen LogP contribution in [0.3, 0.4) is 0 Å². The first-order valence-corrected chi connectivity index (χ1v) is 13.1. The van der Waals surface area contributed by atoms with Crippen molar-refractivity contribution in [3.05, 3.63) is 23.0 Å². The van der Waals surface area contributed by atoms with Gasteiger partial charge in [0.05, 0.1) is 16.6 Å². The monoisotopic (exact) mass is 451 g/mol. The highest BCUT2D eigenvalue weighted by molar-refractivity contribution is 8.21. The van der Waals surface area contributed by atoms with Crippen LogP contribution < -0.4 is 0 Å². The fourth-order valence-corrected chi connectivity index (χ4v) is 9.68. The summed E-state index contributed by atoms with van der Waals surface area (Å²) in [5, 5.41) is 0. The van der Waals surface area contributed by atoms with Crippen LogP contribution in [0.15, 0.2) is 6.07 Å². The average molecular weight is 452 g/mol. The van der Waals surface area contributed by atoms with Crippen LogP contribution in [0.25, 0.3) is 0 Å². The smallest absolute Gasteiger partial charge is 0.309 e. The predicted octanol–water partition coefficient (Wildman–Crippen LogP) is 4.48. The molecule has 3 fully saturated rings. The molecule has 0 N–H and O–H groups in total. The SMILES string of the molecule is COCCn1c(C)cc(C(=O)COC(=O)C2CC3CCCC(C2)C32SCCS2)c1C. The topological polar surface area (TPSA) is 57.5 Å². The lowest BCUT2D eigenvalue weighted by atomic mass is 9.67. The van der Waals surface area contributed by atoms with Crippen molar-refractivity contribution in [3.8, 4) is 0 Å². The van der Waals surface area contributed by atoms with E-state index in [1.54, 1.807) is 7.11 Å². The molecule has 1 aromatic heterocycles. The predicted molar refractivity (Wildman–Crippen MR) is 122 cm³/mol. The average Bonchev–Trinajstić information content (AvgIpc) is 3.29. The van der Waals surface area contributed by atoms with E-state index in [-0.39, 0.29) is 24.3 Å². The van der Waals surface area contributed by atoms with Crippen LogP contribution in [0.5, 0.6) is 0 Å². The second-order valence-corrected chi connectivity index (χ2v) is 11.9. The Hall–Kier alpha value is -0.920. The molecule has 1 aromatic rings. The number of Topliss-reactive ketones (excluding diaryl/α,β-unsaturated/α-hetero) is 1. The van der Waals surface area contributed by atoms with Gasteiger partial charge in [0.2, 0.25) is 5.78 Å². The number of methoxy groups -OCH3 is 1. The van der Waals surface area contributed by atoms with Crippen molar-refractivity contribution in [2.45, 2.75) is 56.6 Å². The van der Waals surface area contributed by atoms with Gasteiger partial charge in [-0.15, -0.1) is 23.5 Å². The Labute approximate surface area is 188 Å². The first-order chi connectivity index (χ1) is 14.5. The number of hydrogen-bond acceptors (Lipinski definition) is 6. The Morgan fingerprint density at radius 3 is 2.47 bits per heavy atom. The summed E-state index contributed by atoms with van der Waals surface area (Å²) in [4.78, 5) is 25.6. The first kappa shape index (κ1) is 22.3. The van der Waals surface area contributed by atoms with Crippen molar-refractivity contribution in [3.63, 3.8) is 0 Å². The Kier molecular flexibility index (Phi) is 6.90. The van der Waals surface area contributed by atoms with Gasteiger partial charge in [0.15, 0.2) is 6.61 Å².